The Morgan fingerprint density at radius 2 is 1.45 bits per heavy atom. The topological polar surface area (TPSA) is 77.2 Å². The SMILES string of the molecule is Cl.O=C(c1cc(Br)cc(N2CCNCC2)c1)N1CCN(C(=O)c2ccc(OC3CCNC3)c(C3CCCCC3)c2)CC1. The molecule has 2 amide bonds. The van der Waals surface area contributed by atoms with Gasteiger partial charge in [-0.3, -0.25) is 9.59 Å². The van der Waals surface area contributed by atoms with E-state index in [1.165, 1.54) is 24.8 Å². The molecule has 8 nitrogen and oxygen atoms in total. The Hall–Kier alpha value is -2.33. The second-order valence-electron chi connectivity index (χ2n) is 11.8. The van der Waals surface area contributed by atoms with Gasteiger partial charge in [-0.2, -0.15) is 0 Å². The Labute approximate surface area is 264 Å². The lowest BCUT2D eigenvalue weighted by atomic mass is 9.83. The predicted octanol–water partition coefficient (Wildman–Crippen LogP) is 4.67. The minimum Gasteiger partial charge on any atom is -0.489 e. The van der Waals surface area contributed by atoms with E-state index in [0.717, 1.165) is 80.0 Å². The summed E-state index contributed by atoms with van der Waals surface area (Å²) in [6, 6.07) is 12.1. The fourth-order valence-electron chi connectivity index (χ4n) is 6.71. The van der Waals surface area contributed by atoms with Gasteiger partial charge in [0.2, 0.25) is 0 Å². The Balaban J connectivity index is 0.00000353. The standard InChI is InChI=1S/C32H42BrN5O3.ClH/c33-26-18-25(19-27(21-26)36-12-10-34-11-13-36)32(40)38-16-14-37(15-17-38)31(39)24-6-7-30(41-28-8-9-35-22-28)29(20-24)23-4-2-1-3-5-23;/h6-7,18-21,23,28,34-35H,1-5,8-17,22H2;1H. The number of hydrogen-bond acceptors (Lipinski definition) is 6. The Morgan fingerprint density at radius 1 is 0.762 bits per heavy atom. The van der Waals surface area contributed by atoms with Crippen LogP contribution in [0.15, 0.2) is 40.9 Å². The van der Waals surface area contributed by atoms with E-state index in [9.17, 15) is 9.59 Å². The summed E-state index contributed by atoms with van der Waals surface area (Å²) >= 11 is 3.61. The van der Waals surface area contributed by atoms with Gasteiger partial charge in [-0.1, -0.05) is 35.2 Å². The molecule has 3 saturated heterocycles. The molecule has 10 heteroatoms. The third kappa shape index (κ3) is 7.24. The summed E-state index contributed by atoms with van der Waals surface area (Å²) in [6.07, 6.45) is 7.29. The van der Waals surface area contributed by atoms with E-state index < -0.39 is 0 Å². The number of ether oxygens (including phenoxy) is 1. The molecular formula is C32H43BrClN5O3. The van der Waals surface area contributed by atoms with Crippen molar-refractivity contribution >= 4 is 45.8 Å². The van der Waals surface area contributed by atoms with Gasteiger partial charge < -0.3 is 30.1 Å². The van der Waals surface area contributed by atoms with Gasteiger partial charge in [-0.15, -0.1) is 12.4 Å². The number of benzene rings is 2. The zero-order valence-electron chi connectivity index (χ0n) is 24.3. The van der Waals surface area contributed by atoms with Crippen molar-refractivity contribution in [2.24, 2.45) is 0 Å². The molecule has 1 unspecified atom stereocenters. The first-order chi connectivity index (χ1) is 20.0. The molecule has 4 aliphatic rings. The Kier molecular flexibility index (Phi) is 10.7. The second-order valence-corrected chi connectivity index (χ2v) is 12.8. The molecule has 0 aromatic heterocycles. The number of piperazine rings is 2. The molecular weight excluding hydrogens is 618 g/mol. The number of rotatable bonds is 6. The van der Waals surface area contributed by atoms with Crippen LogP contribution < -0.4 is 20.3 Å². The highest BCUT2D eigenvalue weighted by Crippen LogP contribution is 2.39. The van der Waals surface area contributed by atoms with Gasteiger partial charge in [0.15, 0.2) is 0 Å². The highest BCUT2D eigenvalue weighted by molar-refractivity contribution is 9.10. The van der Waals surface area contributed by atoms with Crippen molar-refractivity contribution in [2.75, 3.05) is 70.3 Å². The fraction of sp³-hybridized carbons (Fsp3) is 0.562. The van der Waals surface area contributed by atoms with Crippen LogP contribution in [0.25, 0.3) is 0 Å². The van der Waals surface area contributed by atoms with Gasteiger partial charge in [-0.25, -0.2) is 0 Å². The third-order valence-corrected chi connectivity index (χ3v) is 9.53. The number of nitrogens with zero attached hydrogens (tertiary/aromatic N) is 3. The van der Waals surface area contributed by atoms with E-state index >= 15 is 0 Å². The molecule has 1 atom stereocenters. The number of carbonyl (C=O) groups excluding carboxylic acids is 2. The van der Waals surface area contributed by atoms with Crippen LogP contribution in [0.4, 0.5) is 5.69 Å². The molecule has 2 aromatic carbocycles. The molecule has 1 aliphatic carbocycles. The monoisotopic (exact) mass is 659 g/mol. The van der Waals surface area contributed by atoms with E-state index in [4.69, 9.17) is 4.74 Å². The molecule has 6 rings (SSSR count). The van der Waals surface area contributed by atoms with Crippen molar-refractivity contribution in [1.82, 2.24) is 20.4 Å². The predicted molar refractivity (Wildman–Crippen MR) is 172 cm³/mol. The van der Waals surface area contributed by atoms with Gasteiger partial charge >= 0.3 is 0 Å². The van der Waals surface area contributed by atoms with Crippen LogP contribution in [0.1, 0.15) is 70.7 Å². The van der Waals surface area contributed by atoms with Gasteiger partial charge in [0.25, 0.3) is 11.8 Å². The molecule has 0 bridgehead atoms. The van der Waals surface area contributed by atoms with Crippen molar-refractivity contribution in [2.45, 2.75) is 50.5 Å². The number of hydrogen-bond donors (Lipinski definition) is 2. The van der Waals surface area contributed by atoms with Crippen molar-refractivity contribution < 1.29 is 14.3 Å². The number of halogens is 2. The van der Waals surface area contributed by atoms with Crippen LogP contribution >= 0.6 is 28.3 Å². The molecule has 228 valence electrons. The van der Waals surface area contributed by atoms with E-state index in [1.807, 2.05) is 34.1 Å². The Morgan fingerprint density at radius 3 is 2.12 bits per heavy atom. The van der Waals surface area contributed by atoms with Crippen molar-refractivity contribution in [3.8, 4) is 5.75 Å². The molecule has 42 heavy (non-hydrogen) atoms. The maximum absolute atomic E-state index is 13.7. The van der Waals surface area contributed by atoms with Crippen LogP contribution in [0.2, 0.25) is 0 Å². The smallest absolute Gasteiger partial charge is 0.254 e. The first-order valence-corrected chi connectivity index (χ1v) is 16.2. The summed E-state index contributed by atoms with van der Waals surface area (Å²) in [6.45, 7) is 7.76. The van der Waals surface area contributed by atoms with Gasteiger partial charge in [-0.05, 0) is 73.7 Å². The van der Waals surface area contributed by atoms with Gasteiger partial charge in [0.05, 0.1) is 0 Å². The molecule has 1 saturated carbocycles. The first kappa shape index (κ1) is 31.1. The molecule has 2 N–H and O–H groups in total. The summed E-state index contributed by atoms with van der Waals surface area (Å²) in [4.78, 5) is 33.2. The van der Waals surface area contributed by atoms with Crippen LogP contribution in [-0.4, -0.2) is 93.2 Å². The summed E-state index contributed by atoms with van der Waals surface area (Å²) < 4.78 is 7.35. The summed E-state index contributed by atoms with van der Waals surface area (Å²) in [5.41, 5.74) is 3.70. The summed E-state index contributed by atoms with van der Waals surface area (Å²) in [5.74, 6) is 1.47. The van der Waals surface area contributed by atoms with Gasteiger partial charge in [0, 0.05) is 80.2 Å². The maximum atomic E-state index is 13.7. The second kappa shape index (κ2) is 14.4. The summed E-state index contributed by atoms with van der Waals surface area (Å²) in [5, 5.41) is 6.77. The largest absolute Gasteiger partial charge is 0.489 e. The number of amides is 2. The molecule has 0 radical (unpaired) electrons. The maximum Gasteiger partial charge on any atom is 0.254 e. The van der Waals surface area contributed by atoms with Crippen molar-refractivity contribution in [1.29, 1.82) is 0 Å². The average Bonchev–Trinajstić information content (AvgIpc) is 3.54. The minimum absolute atomic E-state index is 0. The molecule has 0 spiro atoms. The molecule has 2 aromatic rings. The lowest BCUT2D eigenvalue weighted by Crippen LogP contribution is -2.50. The summed E-state index contributed by atoms with van der Waals surface area (Å²) in [7, 11) is 0. The molecule has 3 heterocycles. The third-order valence-electron chi connectivity index (χ3n) is 9.08. The van der Waals surface area contributed by atoms with Gasteiger partial charge in [0.1, 0.15) is 11.9 Å². The van der Waals surface area contributed by atoms with Crippen molar-refractivity contribution in [3.05, 3.63) is 57.6 Å². The normalized spacial score (nSPS) is 21.6. The highest BCUT2D eigenvalue weighted by atomic mass is 79.9. The quantitative estimate of drug-likeness (QED) is 0.470. The lowest BCUT2D eigenvalue weighted by Gasteiger charge is -2.35. The minimum atomic E-state index is 0. The highest BCUT2D eigenvalue weighted by Gasteiger charge is 2.29. The molecule has 3 aliphatic heterocycles. The molecule has 4 fully saturated rings. The van der Waals surface area contributed by atoms with E-state index in [1.54, 1.807) is 0 Å². The lowest BCUT2D eigenvalue weighted by molar-refractivity contribution is 0.0535. The fourth-order valence-corrected chi connectivity index (χ4v) is 7.19. The van der Waals surface area contributed by atoms with Crippen LogP contribution in [0, 0.1) is 0 Å². The number of anilines is 1. The van der Waals surface area contributed by atoms with E-state index in [0.29, 0.717) is 37.7 Å². The zero-order chi connectivity index (χ0) is 28.2. The number of carbonyl (C=O) groups is 2. The average molecular weight is 661 g/mol. The Bertz CT molecular complexity index is 1240. The first-order valence-electron chi connectivity index (χ1n) is 15.4. The van der Waals surface area contributed by atoms with E-state index in [2.05, 4.69) is 43.6 Å². The van der Waals surface area contributed by atoms with Crippen LogP contribution in [0.3, 0.4) is 0 Å². The number of nitrogens with one attached hydrogen (secondary N) is 2. The zero-order valence-corrected chi connectivity index (χ0v) is 26.7. The van der Waals surface area contributed by atoms with Crippen molar-refractivity contribution in [3.63, 3.8) is 0 Å². The van der Waals surface area contributed by atoms with Crippen LogP contribution in [0.5, 0.6) is 5.75 Å². The van der Waals surface area contributed by atoms with E-state index in [-0.39, 0.29) is 30.3 Å². The van der Waals surface area contributed by atoms with Crippen LogP contribution in [-0.2, 0) is 0 Å².